The van der Waals surface area contributed by atoms with Crippen LogP contribution < -0.4 is 5.32 Å². The van der Waals surface area contributed by atoms with Crippen LogP contribution in [0.1, 0.15) is 37.7 Å². The molecule has 21 heavy (non-hydrogen) atoms. The highest BCUT2D eigenvalue weighted by molar-refractivity contribution is 5.87. The van der Waals surface area contributed by atoms with E-state index in [0.29, 0.717) is 26.1 Å². The molecule has 5 heteroatoms. The van der Waals surface area contributed by atoms with E-state index in [1.807, 2.05) is 37.3 Å². The highest BCUT2D eigenvalue weighted by Crippen LogP contribution is 2.23. The summed E-state index contributed by atoms with van der Waals surface area (Å²) in [6, 6.07) is 9.73. The molecule has 2 N–H and O–H groups in total. The maximum Gasteiger partial charge on any atom is 0.329 e. The average molecular weight is 291 g/mol. The number of hydrogen-bond acceptors (Lipinski definition) is 3. The summed E-state index contributed by atoms with van der Waals surface area (Å²) in [6.07, 6.45) is 0.904. The third-order valence-corrected chi connectivity index (χ3v) is 3.99. The van der Waals surface area contributed by atoms with Crippen molar-refractivity contribution in [1.29, 1.82) is 0 Å². The van der Waals surface area contributed by atoms with Gasteiger partial charge in [-0.25, -0.2) is 4.79 Å². The van der Waals surface area contributed by atoms with Crippen LogP contribution in [0.5, 0.6) is 0 Å². The smallest absolute Gasteiger partial charge is 0.329 e. The Kier molecular flexibility index (Phi) is 4.96. The number of carboxylic acid groups (broad SMARTS) is 1. The van der Waals surface area contributed by atoms with E-state index >= 15 is 0 Å². The minimum atomic E-state index is -1.17. The van der Waals surface area contributed by atoms with E-state index in [2.05, 4.69) is 5.32 Å². The molecular weight excluding hydrogens is 270 g/mol. The summed E-state index contributed by atoms with van der Waals surface area (Å²) in [6.45, 7) is 2.69. The van der Waals surface area contributed by atoms with Crippen LogP contribution in [0.4, 0.5) is 0 Å². The SMILES string of the molecule is CC(CC(=O)NC1(C(=O)O)CCOCC1)c1ccccc1. The molecule has 1 aromatic carbocycles. The van der Waals surface area contributed by atoms with Crippen LogP contribution in [-0.2, 0) is 14.3 Å². The minimum absolute atomic E-state index is 0.0527. The topological polar surface area (TPSA) is 75.6 Å². The number of carbonyl (C=O) groups is 2. The summed E-state index contributed by atoms with van der Waals surface area (Å²) in [5, 5.41) is 12.1. The maximum atomic E-state index is 12.2. The number of nitrogens with one attached hydrogen (secondary N) is 1. The minimum Gasteiger partial charge on any atom is -0.480 e. The second-order valence-corrected chi connectivity index (χ2v) is 5.56. The lowest BCUT2D eigenvalue weighted by atomic mass is 9.89. The van der Waals surface area contributed by atoms with Gasteiger partial charge in [-0.05, 0) is 11.5 Å². The van der Waals surface area contributed by atoms with Crippen LogP contribution >= 0.6 is 0 Å². The highest BCUT2D eigenvalue weighted by Gasteiger charge is 2.41. The molecule has 0 aromatic heterocycles. The molecule has 1 fully saturated rings. The molecule has 1 aliphatic rings. The Morgan fingerprint density at radius 2 is 1.90 bits per heavy atom. The lowest BCUT2D eigenvalue weighted by Gasteiger charge is -2.34. The van der Waals surface area contributed by atoms with E-state index in [4.69, 9.17) is 4.74 Å². The zero-order valence-electron chi connectivity index (χ0n) is 12.2. The number of amides is 1. The largest absolute Gasteiger partial charge is 0.480 e. The summed E-state index contributed by atoms with van der Waals surface area (Å²) in [5.74, 6) is -1.15. The highest BCUT2D eigenvalue weighted by atomic mass is 16.5. The molecule has 114 valence electrons. The molecule has 0 radical (unpaired) electrons. The van der Waals surface area contributed by atoms with Gasteiger partial charge in [0.05, 0.1) is 0 Å². The fourth-order valence-electron chi connectivity index (χ4n) is 2.61. The zero-order valence-corrected chi connectivity index (χ0v) is 12.2. The van der Waals surface area contributed by atoms with Crippen LogP contribution in [0.15, 0.2) is 30.3 Å². The van der Waals surface area contributed by atoms with Crippen molar-refractivity contribution in [2.45, 2.75) is 37.6 Å². The van der Waals surface area contributed by atoms with E-state index in [0.717, 1.165) is 5.56 Å². The second kappa shape index (κ2) is 6.72. The van der Waals surface area contributed by atoms with Gasteiger partial charge in [0.1, 0.15) is 5.54 Å². The predicted molar refractivity (Wildman–Crippen MR) is 78.0 cm³/mol. The van der Waals surface area contributed by atoms with Crippen LogP contribution in [-0.4, -0.2) is 35.7 Å². The quantitative estimate of drug-likeness (QED) is 0.869. The van der Waals surface area contributed by atoms with Gasteiger partial charge < -0.3 is 15.2 Å². The van der Waals surface area contributed by atoms with E-state index in [1.54, 1.807) is 0 Å². The van der Waals surface area contributed by atoms with Crippen molar-refractivity contribution >= 4 is 11.9 Å². The number of carbonyl (C=O) groups excluding carboxylic acids is 1. The van der Waals surface area contributed by atoms with Crippen LogP contribution in [0.25, 0.3) is 0 Å². The number of aliphatic carboxylic acids is 1. The van der Waals surface area contributed by atoms with Gasteiger partial charge >= 0.3 is 5.97 Å². The molecular formula is C16H21NO4. The lowest BCUT2D eigenvalue weighted by molar-refractivity contribution is -0.152. The summed E-state index contributed by atoms with van der Waals surface area (Å²) >= 11 is 0. The standard InChI is InChI=1S/C16H21NO4/c1-12(13-5-3-2-4-6-13)11-14(18)17-16(15(19)20)7-9-21-10-8-16/h2-6,12H,7-11H2,1H3,(H,17,18)(H,19,20). The molecule has 2 rings (SSSR count). The third kappa shape index (κ3) is 3.82. The second-order valence-electron chi connectivity index (χ2n) is 5.56. The Morgan fingerprint density at radius 3 is 2.48 bits per heavy atom. The van der Waals surface area contributed by atoms with Crippen molar-refractivity contribution in [1.82, 2.24) is 5.32 Å². The monoisotopic (exact) mass is 291 g/mol. The van der Waals surface area contributed by atoms with Gasteiger partial charge in [0.15, 0.2) is 0 Å². The average Bonchev–Trinajstić information content (AvgIpc) is 2.48. The number of hydrogen-bond donors (Lipinski definition) is 2. The first-order valence-corrected chi connectivity index (χ1v) is 7.20. The van der Waals surface area contributed by atoms with Crippen molar-refractivity contribution in [3.05, 3.63) is 35.9 Å². The van der Waals surface area contributed by atoms with Gasteiger partial charge in [0, 0.05) is 32.5 Å². The van der Waals surface area contributed by atoms with Gasteiger partial charge in [-0.3, -0.25) is 4.79 Å². The molecule has 0 spiro atoms. The van der Waals surface area contributed by atoms with E-state index in [-0.39, 0.29) is 18.2 Å². The van der Waals surface area contributed by atoms with Crippen molar-refractivity contribution < 1.29 is 19.4 Å². The fourth-order valence-corrected chi connectivity index (χ4v) is 2.61. The van der Waals surface area contributed by atoms with Crippen molar-refractivity contribution in [3.8, 4) is 0 Å². The van der Waals surface area contributed by atoms with E-state index in [1.165, 1.54) is 0 Å². The van der Waals surface area contributed by atoms with Crippen molar-refractivity contribution in [2.24, 2.45) is 0 Å². The first-order chi connectivity index (χ1) is 10.0. The molecule has 1 heterocycles. The Labute approximate surface area is 124 Å². The fraction of sp³-hybridized carbons (Fsp3) is 0.500. The number of rotatable bonds is 5. The Balaban J connectivity index is 1.98. The molecule has 1 amide bonds. The molecule has 1 saturated heterocycles. The molecule has 1 aliphatic heterocycles. The molecule has 0 saturated carbocycles. The number of ether oxygens (including phenoxy) is 1. The summed E-state index contributed by atoms with van der Waals surface area (Å²) in [5.41, 5.74) is -0.102. The number of carboxylic acids is 1. The summed E-state index contributed by atoms with van der Waals surface area (Å²) < 4.78 is 5.19. The Hall–Kier alpha value is -1.88. The zero-order chi connectivity index (χ0) is 15.3. The molecule has 0 bridgehead atoms. The Morgan fingerprint density at radius 1 is 1.29 bits per heavy atom. The van der Waals surface area contributed by atoms with Crippen molar-refractivity contribution in [3.63, 3.8) is 0 Å². The normalized spacial score (nSPS) is 18.7. The Bertz CT molecular complexity index is 494. The van der Waals surface area contributed by atoms with Crippen molar-refractivity contribution in [2.75, 3.05) is 13.2 Å². The third-order valence-electron chi connectivity index (χ3n) is 3.99. The molecule has 1 unspecified atom stereocenters. The molecule has 0 aliphatic carbocycles. The van der Waals surface area contributed by atoms with Crippen LogP contribution in [0, 0.1) is 0 Å². The van der Waals surface area contributed by atoms with Gasteiger partial charge in [-0.2, -0.15) is 0 Å². The lowest BCUT2D eigenvalue weighted by Crippen LogP contribution is -2.57. The predicted octanol–water partition coefficient (Wildman–Crippen LogP) is 1.93. The first-order valence-electron chi connectivity index (χ1n) is 7.20. The molecule has 1 aromatic rings. The molecule has 1 atom stereocenters. The molecule has 5 nitrogen and oxygen atoms in total. The van der Waals surface area contributed by atoms with Gasteiger partial charge in [0.25, 0.3) is 0 Å². The van der Waals surface area contributed by atoms with E-state index < -0.39 is 11.5 Å². The summed E-state index contributed by atoms with van der Waals surface area (Å²) in [4.78, 5) is 23.7. The van der Waals surface area contributed by atoms with Gasteiger partial charge in [0.2, 0.25) is 5.91 Å². The van der Waals surface area contributed by atoms with Gasteiger partial charge in [-0.1, -0.05) is 37.3 Å². The van der Waals surface area contributed by atoms with E-state index in [9.17, 15) is 14.7 Å². The first kappa shape index (κ1) is 15.5. The van der Waals surface area contributed by atoms with Crippen LogP contribution in [0.2, 0.25) is 0 Å². The van der Waals surface area contributed by atoms with Crippen LogP contribution in [0.3, 0.4) is 0 Å². The maximum absolute atomic E-state index is 12.2. The summed E-state index contributed by atoms with van der Waals surface area (Å²) in [7, 11) is 0. The number of benzene rings is 1. The van der Waals surface area contributed by atoms with Gasteiger partial charge in [-0.15, -0.1) is 0 Å².